The van der Waals surface area contributed by atoms with Crippen molar-refractivity contribution in [1.82, 2.24) is 9.78 Å². The van der Waals surface area contributed by atoms with E-state index in [4.69, 9.17) is 10.8 Å². The molecule has 1 atom stereocenters. The van der Waals surface area contributed by atoms with Crippen molar-refractivity contribution in [2.75, 3.05) is 0 Å². The molecule has 88 valence electrons. The lowest BCUT2D eigenvalue weighted by molar-refractivity contribution is -0.138. The molecule has 0 bridgehead atoms. The Kier molecular flexibility index (Phi) is 7.12. The predicted molar refractivity (Wildman–Crippen MR) is 59.8 cm³/mol. The Balaban J connectivity index is 0. The van der Waals surface area contributed by atoms with Gasteiger partial charge in [0.1, 0.15) is 6.04 Å². The number of carboxylic acid groups (broad SMARTS) is 1. The Morgan fingerprint density at radius 1 is 1.67 bits per heavy atom. The summed E-state index contributed by atoms with van der Waals surface area (Å²) in [6.45, 7) is 0. The average Bonchev–Trinajstić information content (AvgIpc) is 2.36. The third-order valence-electron chi connectivity index (χ3n) is 1.77. The molecule has 0 spiro atoms. The van der Waals surface area contributed by atoms with Crippen LogP contribution in [0.1, 0.15) is 5.56 Å². The first-order valence-corrected chi connectivity index (χ1v) is 3.74. The van der Waals surface area contributed by atoms with Gasteiger partial charge in [0, 0.05) is 25.2 Å². The zero-order valence-corrected chi connectivity index (χ0v) is 9.60. The van der Waals surface area contributed by atoms with Gasteiger partial charge in [-0.05, 0) is 0 Å². The molecule has 0 amide bonds. The highest BCUT2D eigenvalue weighted by molar-refractivity contribution is 5.85. The van der Waals surface area contributed by atoms with Gasteiger partial charge < -0.3 is 15.9 Å². The van der Waals surface area contributed by atoms with Crippen molar-refractivity contribution in [1.29, 1.82) is 0 Å². The van der Waals surface area contributed by atoms with Gasteiger partial charge in [-0.2, -0.15) is 0 Å². The van der Waals surface area contributed by atoms with Crippen molar-refractivity contribution in [3.8, 4) is 0 Å². The summed E-state index contributed by atoms with van der Waals surface area (Å²) < 4.78 is 1.27. The van der Waals surface area contributed by atoms with Crippen LogP contribution < -0.4 is 11.3 Å². The molecule has 0 unspecified atom stereocenters. The Labute approximate surface area is 98.3 Å². The van der Waals surface area contributed by atoms with Crippen molar-refractivity contribution in [2.24, 2.45) is 12.8 Å². The van der Waals surface area contributed by atoms with Crippen molar-refractivity contribution in [3.63, 3.8) is 0 Å². The number of halogens is 2. The lowest BCUT2D eigenvalue weighted by Gasteiger charge is -2.01. The molecule has 0 fully saturated rings. The Hall–Kier alpha value is -0.980. The summed E-state index contributed by atoms with van der Waals surface area (Å²) in [6, 6.07) is -1.02. The van der Waals surface area contributed by atoms with Gasteiger partial charge in [0.25, 0.3) is 5.56 Å². The van der Waals surface area contributed by atoms with E-state index in [1.54, 1.807) is 7.05 Å². The minimum Gasteiger partial charge on any atom is -0.480 e. The number of nitrogens with two attached hydrogens (primary N) is 1. The molecule has 0 radical (unpaired) electrons. The maximum Gasteiger partial charge on any atom is 0.320 e. The molecule has 4 N–H and O–H groups in total. The van der Waals surface area contributed by atoms with Gasteiger partial charge >= 0.3 is 5.97 Å². The summed E-state index contributed by atoms with van der Waals surface area (Å²) >= 11 is 0. The summed E-state index contributed by atoms with van der Waals surface area (Å²) in [7, 11) is 1.55. The molecular formula is C7H13Cl2N3O3. The smallest absolute Gasteiger partial charge is 0.320 e. The predicted octanol–water partition coefficient (Wildman–Crippen LogP) is -0.489. The van der Waals surface area contributed by atoms with E-state index in [0.717, 1.165) is 0 Å². The number of nitrogens with one attached hydrogen (secondary N) is 1. The SMILES string of the molecule is Cl.Cl.Cn1[nH]cc(C[C@H](N)C(=O)O)c1=O. The highest BCUT2D eigenvalue weighted by Crippen LogP contribution is 1.94. The van der Waals surface area contributed by atoms with Crippen LogP contribution in [0.15, 0.2) is 11.0 Å². The molecule has 1 rings (SSSR count). The molecule has 0 saturated heterocycles. The van der Waals surface area contributed by atoms with Crippen LogP contribution in [-0.4, -0.2) is 26.9 Å². The van der Waals surface area contributed by atoms with E-state index < -0.39 is 12.0 Å². The number of H-pyrrole nitrogens is 1. The second-order valence-corrected chi connectivity index (χ2v) is 2.81. The van der Waals surface area contributed by atoms with Crippen LogP contribution in [0.2, 0.25) is 0 Å². The maximum atomic E-state index is 11.2. The minimum absolute atomic E-state index is 0. The van der Waals surface area contributed by atoms with E-state index in [9.17, 15) is 9.59 Å². The average molecular weight is 258 g/mol. The third-order valence-corrected chi connectivity index (χ3v) is 1.77. The molecule has 0 saturated carbocycles. The molecule has 0 aliphatic carbocycles. The van der Waals surface area contributed by atoms with Gasteiger partial charge in [-0.15, -0.1) is 24.8 Å². The molecular weight excluding hydrogens is 245 g/mol. The van der Waals surface area contributed by atoms with E-state index in [1.807, 2.05) is 0 Å². The Morgan fingerprint density at radius 3 is 2.53 bits per heavy atom. The van der Waals surface area contributed by atoms with E-state index in [-0.39, 0.29) is 36.8 Å². The molecule has 0 aliphatic heterocycles. The largest absolute Gasteiger partial charge is 0.480 e. The molecule has 1 heterocycles. The minimum atomic E-state index is -1.11. The van der Waals surface area contributed by atoms with Crippen LogP contribution in [0.4, 0.5) is 0 Å². The first-order chi connectivity index (χ1) is 6.02. The van der Waals surface area contributed by atoms with Gasteiger partial charge in [0.15, 0.2) is 0 Å². The molecule has 1 aromatic rings. The van der Waals surface area contributed by atoms with Crippen molar-refractivity contribution in [2.45, 2.75) is 12.5 Å². The lowest BCUT2D eigenvalue weighted by atomic mass is 10.1. The summed E-state index contributed by atoms with van der Waals surface area (Å²) in [6.07, 6.45) is 1.51. The molecule has 15 heavy (non-hydrogen) atoms. The van der Waals surface area contributed by atoms with E-state index >= 15 is 0 Å². The number of carbonyl (C=O) groups is 1. The fourth-order valence-corrected chi connectivity index (χ4v) is 0.981. The van der Waals surface area contributed by atoms with Gasteiger partial charge in [-0.25, -0.2) is 0 Å². The monoisotopic (exact) mass is 257 g/mol. The number of carboxylic acids is 1. The zero-order valence-electron chi connectivity index (χ0n) is 7.97. The maximum absolute atomic E-state index is 11.2. The van der Waals surface area contributed by atoms with Crippen molar-refractivity contribution < 1.29 is 9.90 Å². The molecule has 1 aromatic heterocycles. The number of hydrogen-bond acceptors (Lipinski definition) is 3. The van der Waals surface area contributed by atoms with Gasteiger partial charge in [-0.1, -0.05) is 0 Å². The molecule has 8 heteroatoms. The topological polar surface area (TPSA) is 101 Å². The summed E-state index contributed by atoms with van der Waals surface area (Å²) in [4.78, 5) is 21.6. The standard InChI is InChI=1S/C7H11N3O3.2ClH/c1-10-6(11)4(3-9-10)2-5(8)7(12)13;;/h3,5,9H,2,8H2,1H3,(H,12,13);2*1H/t5-;;/m0../s1. The van der Waals surface area contributed by atoms with Crippen molar-refractivity contribution in [3.05, 3.63) is 22.1 Å². The number of aliphatic carboxylic acids is 1. The number of nitrogens with zero attached hydrogens (tertiary/aromatic N) is 1. The van der Waals surface area contributed by atoms with Gasteiger partial charge in [0.05, 0.1) is 0 Å². The second kappa shape index (κ2) is 6.49. The van der Waals surface area contributed by atoms with E-state index in [0.29, 0.717) is 5.56 Å². The number of hydrogen-bond donors (Lipinski definition) is 3. The van der Waals surface area contributed by atoms with Crippen LogP contribution >= 0.6 is 24.8 Å². The first-order valence-electron chi connectivity index (χ1n) is 3.74. The fourth-order valence-electron chi connectivity index (χ4n) is 0.981. The van der Waals surface area contributed by atoms with Crippen LogP contribution in [0.3, 0.4) is 0 Å². The molecule has 0 aromatic carbocycles. The van der Waals surface area contributed by atoms with Crippen molar-refractivity contribution >= 4 is 30.8 Å². The number of rotatable bonds is 3. The normalized spacial score (nSPS) is 11.1. The van der Waals surface area contributed by atoms with Crippen LogP contribution in [0.5, 0.6) is 0 Å². The number of aromatic amines is 1. The number of aryl methyl sites for hydroxylation is 1. The Bertz CT molecular complexity index is 374. The fraction of sp³-hybridized carbons (Fsp3) is 0.429. The second-order valence-electron chi connectivity index (χ2n) is 2.81. The highest BCUT2D eigenvalue weighted by atomic mass is 35.5. The number of aromatic nitrogens is 2. The van der Waals surface area contributed by atoms with Gasteiger partial charge in [0.2, 0.25) is 0 Å². The summed E-state index contributed by atoms with van der Waals surface area (Å²) in [5.74, 6) is -1.11. The van der Waals surface area contributed by atoms with Crippen LogP contribution in [0, 0.1) is 0 Å². The van der Waals surface area contributed by atoms with E-state index in [2.05, 4.69) is 5.10 Å². The molecule has 6 nitrogen and oxygen atoms in total. The third kappa shape index (κ3) is 3.94. The quantitative estimate of drug-likeness (QED) is 0.681. The molecule has 0 aliphatic rings. The zero-order chi connectivity index (χ0) is 10.0. The lowest BCUT2D eigenvalue weighted by Crippen LogP contribution is -2.34. The van der Waals surface area contributed by atoms with Crippen LogP contribution in [-0.2, 0) is 18.3 Å². The summed E-state index contributed by atoms with van der Waals surface area (Å²) in [5, 5.41) is 11.1. The highest BCUT2D eigenvalue weighted by Gasteiger charge is 2.15. The van der Waals surface area contributed by atoms with Gasteiger partial charge in [-0.3, -0.25) is 14.3 Å². The van der Waals surface area contributed by atoms with Crippen LogP contribution in [0.25, 0.3) is 0 Å². The first kappa shape index (κ1) is 16.4. The summed E-state index contributed by atoms with van der Waals surface area (Å²) in [5.41, 5.74) is 5.41. The van der Waals surface area contributed by atoms with E-state index in [1.165, 1.54) is 10.9 Å². The Morgan fingerprint density at radius 2 is 2.20 bits per heavy atom.